The number of amides is 1. The van der Waals surface area contributed by atoms with E-state index in [1.807, 2.05) is 6.92 Å². The van der Waals surface area contributed by atoms with Crippen molar-refractivity contribution in [2.75, 3.05) is 5.32 Å². The third-order valence-corrected chi connectivity index (χ3v) is 4.00. The Bertz CT molecular complexity index is 813. The van der Waals surface area contributed by atoms with E-state index in [4.69, 9.17) is 11.6 Å². The van der Waals surface area contributed by atoms with Crippen molar-refractivity contribution >= 4 is 34.7 Å². The molecule has 112 valence electrons. The van der Waals surface area contributed by atoms with E-state index >= 15 is 0 Å². The number of nitrogens with one attached hydrogen (secondary N) is 1. The normalized spacial score (nSPS) is 10.6. The van der Waals surface area contributed by atoms with Gasteiger partial charge in [0.05, 0.1) is 11.4 Å². The number of hydrogen-bond donors (Lipinski definition) is 1. The largest absolute Gasteiger partial charge is 0.309 e. The topological polar surface area (TPSA) is 72.7 Å². The molecule has 1 amide bonds. The van der Waals surface area contributed by atoms with Crippen LogP contribution in [0.5, 0.6) is 0 Å². The lowest BCUT2D eigenvalue weighted by molar-refractivity contribution is -0.115. The quantitative estimate of drug-likeness (QED) is 0.796. The first-order valence-electron chi connectivity index (χ1n) is 6.49. The van der Waals surface area contributed by atoms with E-state index in [2.05, 4.69) is 20.4 Å². The lowest BCUT2D eigenvalue weighted by Gasteiger charge is -2.02. The Labute approximate surface area is 135 Å². The van der Waals surface area contributed by atoms with Gasteiger partial charge >= 0.3 is 0 Å². The van der Waals surface area contributed by atoms with Crippen molar-refractivity contribution < 1.29 is 4.79 Å². The number of carbonyl (C=O) groups excluding carboxylic acids is 1. The summed E-state index contributed by atoms with van der Waals surface area (Å²) in [5.74, 6) is 0.798. The van der Waals surface area contributed by atoms with Crippen molar-refractivity contribution in [3.8, 4) is 5.82 Å². The maximum Gasteiger partial charge on any atom is 0.232 e. The van der Waals surface area contributed by atoms with Crippen LogP contribution in [0.25, 0.3) is 5.82 Å². The van der Waals surface area contributed by atoms with Gasteiger partial charge in [0, 0.05) is 29.5 Å². The average Bonchev–Trinajstić information content (AvgIpc) is 3.09. The fraction of sp³-hybridized carbons (Fsp3) is 0.143. The van der Waals surface area contributed by atoms with Gasteiger partial charge in [0.2, 0.25) is 5.91 Å². The molecule has 3 heterocycles. The van der Waals surface area contributed by atoms with Gasteiger partial charge in [-0.15, -0.1) is 16.4 Å². The predicted octanol–water partition coefficient (Wildman–Crippen LogP) is 2.87. The zero-order valence-corrected chi connectivity index (χ0v) is 13.2. The molecule has 0 unspecified atom stereocenters. The van der Waals surface area contributed by atoms with E-state index in [1.165, 1.54) is 16.0 Å². The van der Waals surface area contributed by atoms with Gasteiger partial charge in [-0.25, -0.2) is 14.6 Å². The second-order valence-corrected chi connectivity index (χ2v) is 6.27. The minimum atomic E-state index is -0.160. The molecule has 0 bridgehead atoms. The fourth-order valence-electron chi connectivity index (χ4n) is 1.86. The number of halogens is 1. The van der Waals surface area contributed by atoms with E-state index < -0.39 is 0 Å². The van der Waals surface area contributed by atoms with Crippen molar-refractivity contribution in [1.29, 1.82) is 0 Å². The van der Waals surface area contributed by atoms with E-state index in [9.17, 15) is 4.79 Å². The second-order valence-electron chi connectivity index (χ2n) is 4.54. The number of carbonyl (C=O) groups is 1. The van der Waals surface area contributed by atoms with E-state index in [-0.39, 0.29) is 12.3 Å². The molecule has 3 aromatic heterocycles. The van der Waals surface area contributed by atoms with E-state index in [0.717, 1.165) is 9.88 Å². The first-order valence-corrected chi connectivity index (χ1v) is 7.69. The molecule has 0 aliphatic rings. The van der Waals surface area contributed by atoms with Gasteiger partial charge in [-0.05, 0) is 19.1 Å². The van der Waals surface area contributed by atoms with Crippen LogP contribution < -0.4 is 5.32 Å². The predicted molar refractivity (Wildman–Crippen MR) is 85.6 cm³/mol. The molecule has 0 aliphatic carbocycles. The molecular formula is C14H12ClN5OS. The van der Waals surface area contributed by atoms with Crippen LogP contribution >= 0.6 is 22.9 Å². The summed E-state index contributed by atoms with van der Waals surface area (Å²) in [4.78, 5) is 21.4. The van der Waals surface area contributed by atoms with E-state index in [1.54, 1.807) is 36.8 Å². The van der Waals surface area contributed by atoms with E-state index in [0.29, 0.717) is 16.7 Å². The fourth-order valence-corrected chi connectivity index (χ4v) is 2.86. The summed E-state index contributed by atoms with van der Waals surface area (Å²) in [5.41, 5.74) is 0. The zero-order valence-electron chi connectivity index (χ0n) is 11.7. The van der Waals surface area contributed by atoms with Gasteiger partial charge in [0.1, 0.15) is 5.01 Å². The molecule has 8 heteroatoms. The van der Waals surface area contributed by atoms with Gasteiger partial charge in [-0.3, -0.25) is 4.79 Å². The van der Waals surface area contributed by atoms with Crippen LogP contribution in [0.4, 0.5) is 5.82 Å². The first kappa shape index (κ1) is 14.7. The monoisotopic (exact) mass is 333 g/mol. The van der Waals surface area contributed by atoms with Gasteiger partial charge in [0.15, 0.2) is 11.6 Å². The molecule has 0 fully saturated rings. The number of rotatable bonds is 4. The summed E-state index contributed by atoms with van der Waals surface area (Å²) in [6, 6.07) is 5.17. The van der Waals surface area contributed by atoms with Crippen molar-refractivity contribution in [2.45, 2.75) is 13.3 Å². The molecule has 3 rings (SSSR count). The standard InChI is InChI=1S/C14H12ClN5OS/c1-9-8-17-13(22-9)7-12(21)18-11-4-6-20(19-11)14-10(15)3-2-5-16-14/h2-6,8H,7H2,1H3,(H,18,19,21). The molecule has 1 N–H and O–H groups in total. The third-order valence-electron chi connectivity index (χ3n) is 2.79. The minimum Gasteiger partial charge on any atom is -0.309 e. The van der Waals surface area contributed by atoms with Crippen LogP contribution in [0.15, 0.2) is 36.8 Å². The van der Waals surface area contributed by atoms with Gasteiger partial charge in [-0.2, -0.15) is 0 Å². The number of thiazole rings is 1. The Morgan fingerprint density at radius 2 is 2.27 bits per heavy atom. The van der Waals surface area contributed by atoms with Crippen LogP contribution in [-0.4, -0.2) is 25.7 Å². The maximum absolute atomic E-state index is 12.0. The molecule has 0 saturated carbocycles. The highest BCUT2D eigenvalue weighted by atomic mass is 35.5. The Kier molecular flexibility index (Phi) is 4.17. The summed E-state index contributed by atoms with van der Waals surface area (Å²) in [6.07, 6.45) is 5.31. The second kappa shape index (κ2) is 6.25. The summed E-state index contributed by atoms with van der Waals surface area (Å²) in [5, 5.41) is 8.25. The maximum atomic E-state index is 12.0. The number of pyridine rings is 1. The van der Waals surface area contributed by atoms with Gasteiger partial charge in [0.25, 0.3) is 0 Å². The minimum absolute atomic E-state index is 0.160. The van der Waals surface area contributed by atoms with Crippen LogP contribution in [-0.2, 0) is 11.2 Å². The highest BCUT2D eigenvalue weighted by molar-refractivity contribution is 7.11. The molecule has 0 atom stereocenters. The molecule has 0 spiro atoms. The molecule has 0 saturated heterocycles. The summed E-state index contributed by atoms with van der Waals surface area (Å²) in [7, 11) is 0. The zero-order chi connectivity index (χ0) is 15.5. The highest BCUT2D eigenvalue weighted by Gasteiger charge is 2.10. The summed E-state index contributed by atoms with van der Waals surface area (Å²) < 4.78 is 1.52. The first-order chi connectivity index (χ1) is 10.6. The Hall–Kier alpha value is -2.25. The molecule has 22 heavy (non-hydrogen) atoms. The molecule has 3 aromatic rings. The molecule has 0 aliphatic heterocycles. The van der Waals surface area contributed by atoms with Crippen LogP contribution in [0, 0.1) is 6.92 Å². The number of aryl methyl sites for hydroxylation is 1. The van der Waals surface area contributed by atoms with Crippen molar-refractivity contribution in [2.24, 2.45) is 0 Å². The molecule has 6 nitrogen and oxygen atoms in total. The van der Waals surface area contributed by atoms with Crippen molar-refractivity contribution in [3.63, 3.8) is 0 Å². The van der Waals surface area contributed by atoms with Crippen LogP contribution in [0.2, 0.25) is 5.02 Å². The molecule has 0 radical (unpaired) electrons. The highest BCUT2D eigenvalue weighted by Crippen LogP contribution is 2.18. The number of anilines is 1. The van der Waals surface area contributed by atoms with Crippen LogP contribution in [0.3, 0.4) is 0 Å². The number of aromatic nitrogens is 4. The molecule has 0 aromatic carbocycles. The van der Waals surface area contributed by atoms with Gasteiger partial charge < -0.3 is 5.32 Å². The van der Waals surface area contributed by atoms with Crippen molar-refractivity contribution in [3.05, 3.63) is 51.7 Å². The lowest BCUT2D eigenvalue weighted by Crippen LogP contribution is -2.15. The molecular weight excluding hydrogens is 322 g/mol. The Balaban J connectivity index is 1.69. The number of hydrogen-bond acceptors (Lipinski definition) is 5. The lowest BCUT2D eigenvalue weighted by atomic mass is 10.4. The summed E-state index contributed by atoms with van der Waals surface area (Å²) in [6.45, 7) is 1.96. The Morgan fingerprint density at radius 1 is 1.41 bits per heavy atom. The third kappa shape index (κ3) is 3.32. The SMILES string of the molecule is Cc1cnc(CC(=O)Nc2ccn(-c3ncccc3Cl)n2)s1. The summed E-state index contributed by atoms with van der Waals surface area (Å²) >= 11 is 7.57. The van der Waals surface area contributed by atoms with Crippen LogP contribution in [0.1, 0.15) is 9.88 Å². The smallest absolute Gasteiger partial charge is 0.232 e. The number of nitrogens with zero attached hydrogens (tertiary/aromatic N) is 4. The van der Waals surface area contributed by atoms with Crippen molar-refractivity contribution in [1.82, 2.24) is 19.7 Å². The average molecular weight is 334 g/mol. The van der Waals surface area contributed by atoms with Gasteiger partial charge in [-0.1, -0.05) is 11.6 Å². The Morgan fingerprint density at radius 3 is 3.00 bits per heavy atom.